The molecule has 0 N–H and O–H groups in total. The van der Waals surface area contributed by atoms with Crippen molar-refractivity contribution in [1.82, 2.24) is 9.80 Å². The van der Waals surface area contributed by atoms with Gasteiger partial charge in [0, 0.05) is 32.7 Å². The van der Waals surface area contributed by atoms with Gasteiger partial charge in [0.2, 0.25) is 0 Å². The van der Waals surface area contributed by atoms with Crippen LogP contribution in [0.2, 0.25) is 0 Å². The summed E-state index contributed by atoms with van der Waals surface area (Å²) in [6.07, 6.45) is 0.121. The summed E-state index contributed by atoms with van der Waals surface area (Å²) >= 11 is 0. The third kappa shape index (κ3) is 3.83. The largest absolute Gasteiger partial charge is 0.416 e. The zero-order valence-corrected chi connectivity index (χ0v) is 11.3. The summed E-state index contributed by atoms with van der Waals surface area (Å²) in [5.41, 5.74) is 0.0420. The van der Waals surface area contributed by atoms with Gasteiger partial charge in [0.05, 0.1) is 5.57 Å². The van der Waals surface area contributed by atoms with Crippen LogP contribution < -0.4 is 0 Å². The number of rotatable bonds is 3. The minimum Gasteiger partial charge on any atom is -0.301 e. The molecular weight excluding hydrogens is 253 g/mol. The van der Waals surface area contributed by atoms with Gasteiger partial charge in [-0.3, -0.25) is 4.90 Å². The summed E-state index contributed by atoms with van der Waals surface area (Å²) in [5.74, 6) is 0. The standard InChI is InChI=1S/C14H21F3N2/c1-2-18-7-9-19(10-8-18)11-12-5-3-4-6-13(12)14(15,16)17/h5-6H,2-4,7-11H2,1H3. The fraction of sp³-hybridized carbons (Fsp3) is 0.714. The smallest absolute Gasteiger partial charge is 0.301 e. The second-order valence-electron chi connectivity index (χ2n) is 5.13. The van der Waals surface area contributed by atoms with Crippen LogP contribution in [-0.4, -0.2) is 55.2 Å². The molecule has 0 aromatic rings. The average molecular weight is 274 g/mol. The lowest BCUT2D eigenvalue weighted by atomic mass is 9.96. The van der Waals surface area contributed by atoms with Crippen LogP contribution in [0.15, 0.2) is 23.3 Å². The lowest BCUT2D eigenvalue weighted by Crippen LogP contribution is -2.47. The van der Waals surface area contributed by atoms with Crippen molar-refractivity contribution in [3.8, 4) is 0 Å². The van der Waals surface area contributed by atoms with Gasteiger partial charge < -0.3 is 4.90 Å². The van der Waals surface area contributed by atoms with E-state index >= 15 is 0 Å². The van der Waals surface area contributed by atoms with Crippen molar-refractivity contribution >= 4 is 0 Å². The minimum atomic E-state index is -4.21. The Morgan fingerprint density at radius 2 is 1.58 bits per heavy atom. The van der Waals surface area contributed by atoms with E-state index in [0.717, 1.165) is 39.1 Å². The van der Waals surface area contributed by atoms with Crippen LogP contribution >= 0.6 is 0 Å². The summed E-state index contributed by atoms with van der Waals surface area (Å²) in [6.45, 7) is 7.19. The third-order valence-electron chi connectivity index (χ3n) is 3.86. The molecule has 1 aliphatic carbocycles. The molecule has 1 heterocycles. The quantitative estimate of drug-likeness (QED) is 0.781. The maximum atomic E-state index is 12.9. The van der Waals surface area contributed by atoms with E-state index < -0.39 is 11.7 Å². The number of alkyl halides is 3. The number of hydrogen-bond acceptors (Lipinski definition) is 2. The number of likely N-dealkylation sites (N-methyl/N-ethyl adjacent to an activating group) is 1. The van der Waals surface area contributed by atoms with Crippen molar-refractivity contribution in [2.75, 3.05) is 39.3 Å². The molecule has 0 aromatic carbocycles. The monoisotopic (exact) mass is 274 g/mol. The van der Waals surface area contributed by atoms with Crippen LogP contribution in [0.1, 0.15) is 19.8 Å². The van der Waals surface area contributed by atoms with E-state index in [-0.39, 0.29) is 0 Å². The molecule has 0 radical (unpaired) electrons. The Morgan fingerprint density at radius 3 is 2.16 bits per heavy atom. The van der Waals surface area contributed by atoms with Crippen molar-refractivity contribution in [3.05, 3.63) is 23.3 Å². The van der Waals surface area contributed by atoms with Gasteiger partial charge in [-0.25, -0.2) is 0 Å². The molecule has 0 unspecified atom stereocenters. The van der Waals surface area contributed by atoms with E-state index in [9.17, 15) is 13.2 Å². The first-order chi connectivity index (χ1) is 9.00. The van der Waals surface area contributed by atoms with Gasteiger partial charge in [0.1, 0.15) is 0 Å². The summed E-state index contributed by atoms with van der Waals surface area (Å²) < 4.78 is 38.8. The molecule has 108 valence electrons. The maximum absolute atomic E-state index is 12.9. The van der Waals surface area contributed by atoms with E-state index in [1.54, 1.807) is 6.08 Å². The summed E-state index contributed by atoms with van der Waals surface area (Å²) in [5, 5.41) is 0. The van der Waals surface area contributed by atoms with Gasteiger partial charge in [-0.1, -0.05) is 19.1 Å². The van der Waals surface area contributed by atoms with Crippen LogP contribution in [-0.2, 0) is 0 Å². The molecule has 1 saturated heterocycles. The first kappa shape index (κ1) is 14.6. The topological polar surface area (TPSA) is 6.48 Å². The fourth-order valence-electron chi connectivity index (χ4n) is 2.68. The van der Waals surface area contributed by atoms with Crippen molar-refractivity contribution in [1.29, 1.82) is 0 Å². The molecule has 5 heteroatoms. The van der Waals surface area contributed by atoms with Crippen molar-refractivity contribution in [2.24, 2.45) is 0 Å². The minimum absolute atomic E-state index is 0.420. The highest BCUT2D eigenvalue weighted by Crippen LogP contribution is 2.34. The molecule has 0 saturated carbocycles. The zero-order chi connectivity index (χ0) is 13.9. The Morgan fingerprint density at radius 1 is 1.00 bits per heavy atom. The fourth-order valence-corrected chi connectivity index (χ4v) is 2.68. The Kier molecular flexibility index (Phi) is 4.68. The molecule has 2 nitrogen and oxygen atoms in total. The molecule has 2 rings (SSSR count). The maximum Gasteiger partial charge on any atom is 0.416 e. The molecule has 19 heavy (non-hydrogen) atoms. The SMILES string of the molecule is CCN1CCN(CC2=CCCC=C2C(F)(F)F)CC1. The van der Waals surface area contributed by atoms with Gasteiger partial charge >= 0.3 is 6.18 Å². The van der Waals surface area contributed by atoms with Crippen LogP contribution in [0.3, 0.4) is 0 Å². The highest BCUT2D eigenvalue weighted by atomic mass is 19.4. The van der Waals surface area contributed by atoms with Crippen molar-refractivity contribution < 1.29 is 13.2 Å². The van der Waals surface area contributed by atoms with Gasteiger partial charge in [-0.05, 0) is 25.0 Å². The first-order valence-electron chi connectivity index (χ1n) is 6.92. The van der Waals surface area contributed by atoms with E-state index in [1.807, 2.05) is 0 Å². The Labute approximate surface area is 112 Å². The first-order valence-corrected chi connectivity index (χ1v) is 6.92. The Hall–Kier alpha value is -0.810. The number of allylic oxidation sites excluding steroid dienone is 2. The van der Waals surface area contributed by atoms with E-state index in [0.29, 0.717) is 18.5 Å². The lowest BCUT2D eigenvalue weighted by molar-refractivity contribution is -0.0903. The number of piperazine rings is 1. The Balaban J connectivity index is 1.95. The summed E-state index contributed by atoms with van der Waals surface area (Å²) in [4.78, 5) is 4.45. The molecular formula is C14H21F3N2. The highest BCUT2D eigenvalue weighted by Gasteiger charge is 2.36. The van der Waals surface area contributed by atoms with Crippen LogP contribution in [0.5, 0.6) is 0 Å². The van der Waals surface area contributed by atoms with Crippen LogP contribution in [0, 0.1) is 0 Å². The average Bonchev–Trinajstić information content (AvgIpc) is 2.39. The second-order valence-corrected chi connectivity index (χ2v) is 5.13. The van der Waals surface area contributed by atoms with Crippen LogP contribution in [0.4, 0.5) is 13.2 Å². The van der Waals surface area contributed by atoms with Gasteiger partial charge in [0.25, 0.3) is 0 Å². The highest BCUT2D eigenvalue weighted by molar-refractivity contribution is 5.38. The summed E-state index contributed by atoms with van der Waals surface area (Å²) in [7, 11) is 0. The van der Waals surface area contributed by atoms with Gasteiger partial charge in [-0.15, -0.1) is 0 Å². The van der Waals surface area contributed by atoms with E-state index in [2.05, 4.69) is 16.7 Å². The second kappa shape index (κ2) is 6.09. The predicted octanol–water partition coefficient (Wildman–Crippen LogP) is 2.83. The third-order valence-corrected chi connectivity index (χ3v) is 3.86. The molecule has 0 atom stereocenters. The molecule has 0 amide bonds. The number of nitrogens with zero attached hydrogens (tertiary/aromatic N) is 2. The van der Waals surface area contributed by atoms with Crippen molar-refractivity contribution in [2.45, 2.75) is 25.9 Å². The van der Waals surface area contributed by atoms with Gasteiger partial charge in [0.15, 0.2) is 0 Å². The molecule has 2 aliphatic rings. The van der Waals surface area contributed by atoms with E-state index in [1.165, 1.54) is 6.08 Å². The zero-order valence-electron chi connectivity index (χ0n) is 11.3. The molecule has 0 bridgehead atoms. The van der Waals surface area contributed by atoms with Crippen molar-refractivity contribution in [3.63, 3.8) is 0 Å². The lowest BCUT2D eigenvalue weighted by Gasteiger charge is -2.35. The molecule has 0 spiro atoms. The Bertz CT molecular complexity index is 363. The molecule has 0 aromatic heterocycles. The normalized spacial score (nSPS) is 23.2. The molecule has 1 fully saturated rings. The molecule has 1 aliphatic heterocycles. The number of halogens is 3. The van der Waals surface area contributed by atoms with Crippen LogP contribution in [0.25, 0.3) is 0 Å². The number of hydrogen-bond donors (Lipinski definition) is 0. The summed E-state index contributed by atoms with van der Waals surface area (Å²) in [6, 6.07) is 0. The van der Waals surface area contributed by atoms with Gasteiger partial charge in [-0.2, -0.15) is 13.2 Å². The predicted molar refractivity (Wildman–Crippen MR) is 70.0 cm³/mol. The van der Waals surface area contributed by atoms with E-state index in [4.69, 9.17) is 0 Å².